The zero-order valence-electron chi connectivity index (χ0n) is 8.70. The van der Waals surface area contributed by atoms with Gasteiger partial charge in [0, 0.05) is 5.56 Å². The third-order valence-electron chi connectivity index (χ3n) is 2.13. The molecule has 4 nitrogen and oxygen atoms in total. The number of rotatable bonds is 4. The molecule has 0 aliphatic carbocycles. The number of Topliss-reactive ketones (excluding diaryl/α,β-unsaturated/α-hetero) is 1. The van der Waals surface area contributed by atoms with Crippen LogP contribution in [0.15, 0.2) is 18.2 Å². The minimum Gasteiger partial charge on any atom is -0.478 e. The first kappa shape index (κ1) is 11.4. The number of hydrogen-bond acceptors (Lipinski definition) is 3. The molecule has 0 aromatic heterocycles. The van der Waals surface area contributed by atoms with Gasteiger partial charge in [-0.25, -0.2) is 4.79 Å². The SMILES string of the molecule is CNCC(=O)c1ccc(C)c(C(=O)O)c1. The molecule has 4 heteroatoms. The van der Waals surface area contributed by atoms with Crippen molar-refractivity contribution in [2.24, 2.45) is 0 Å². The number of hydrogen-bond donors (Lipinski definition) is 2. The first-order valence-corrected chi connectivity index (χ1v) is 4.58. The third-order valence-corrected chi connectivity index (χ3v) is 2.13. The molecule has 0 amide bonds. The molecule has 1 rings (SSSR count). The van der Waals surface area contributed by atoms with Gasteiger partial charge < -0.3 is 10.4 Å². The van der Waals surface area contributed by atoms with Crippen LogP contribution >= 0.6 is 0 Å². The zero-order chi connectivity index (χ0) is 11.4. The van der Waals surface area contributed by atoms with Crippen LogP contribution in [0.1, 0.15) is 26.3 Å². The van der Waals surface area contributed by atoms with E-state index in [1.54, 1.807) is 26.1 Å². The van der Waals surface area contributed by atoms with E-state index in [9.17, 15) is 9.59 Å². The Morgan fingerprint density at radius 2 is 2.07 bits per heavy atom. The number of ketones is 1. The van der Waals surface area contributed by atoms with E-state index >= 15 is 0 Å². The average Bonchev–Trinajstić information content (AvgIpc) is 2.18. The number of likely N-dealkylation sites (N-methyl/N-ethyl adjacent to an activating group) is 1. The van der Waals surface area contributed by atoms with E-state index in [1.165, 1.54) is 6.07 Å². The Balaban J connectivity index is 3.07. The minimum absolute atomic E-state index is 0.111. The van der Waals surface area contributed by atoms with Crippen molar-refractivity contribution in [2.75, 3.05) is 13.6 Å². The monoisotopic (exact) mass is 207 g/mol. The van der Waals surface area contributed by atoms with Gasteiger partial charge in [0.05, 0.1) is 12.1 Å². The summed E-state index contributed by atoms with van der Waals surface area (Å²) in [6, 6.07) is 4.70. The van der Waals surface area contributed by atoms with Crippen molar-refractivity contribution in [3.8, 4) is 0 Å². The predicted molar refractivity (Wildman–Crippen MR) is 56.4 cm³/mol. The summed E-state index contributed by atoms with van der Waals surface area (Å²) in [6.45, 7) is 1.91. The summed E-state index contributed by atoms with van der Waals surface area (Å²) in [6.07, 6.45) is 0. The van der Waals surface area contributed by atoms with Crippen LogP contribution in [0.5, 0.6) is 0 Å². The van der Waals surface area contributed by atoms with E-state index in [-0.39, 0.29) is 17.9 Å². The normalized spacial score (nSPS) is 10.0. The number of carbonyl (C=O) groups excluding carboxylic acids is 1. The number of aromatic carboxylic acids is 1. The van der Waals surface area contributed by atoms with Gasteiger partial charge >= 0.3 is 5.97 Å². The smallest absolute Gasteiger partial charge is 0.335 e. The fourth-order valence-electron chi connectivity index (χ4n) is 1.29. The molecule has 0 saturated heterocycles. The van der Waals surface area contributed by atoms with Crippen LogP contribution in [-0.4, -0.2) is 30.5 Å². The Bertz CT molecular complexity index is 399. The highest BCUT2D eigenvalue weighted by molar-refractivity contribution is 6.00. The maximum absolute atomic E-state index is 11.5. The summed E-state index contributed by atoms with van der Waals surface area (Å²) in [5.41, 5.74) is 1.26. The largest absolute Gasteiger partial charge is 0.478 e. The highest BCUT2D eigenvalue weighted by Gasteiger charge is 2.11. The second kappa shape index (κ2) is 4.70. The van der Waals surface area contributed by atoms with Crippen LogP contribution in [0.3, 0.4) is 0 Å². The lowest BCUT2D eigenvalue weighted by atomic mass is 10.0. The van der Waals surface area contributed by atoms with Gasteiger partial charge in [0.2, 0.25) is 0 Å². The first-order chi connectivity index (χ1) is 7.06. The molecule has 0 fully saturated rings. The zero-order valence-corrected chi connectivity index (χ0v) is 8.70. The Kier molecular flexibility index (Phi) is 3.57. The number of carboxylic acids is 1. The molecule has 0 spiro atoms. The summed E-state index contributed by atoms with van der Waals surface area (Å²) in [5, 5.41) is 11.6. The van der Waals surface area contributed by atoms with Crippen molar-refractivity contribution < 1.29 is 14.7 Å². The molecule has 80 valence electrons. The van der Waals surface area contributed by atoms with Gasteiger partial charge in [-0.2, -0.15) is 0 Å². The molecule has 0 bridgehead atoms. The Labute approximate surface area is 87.9 Å². The molecule has 15 heavy (non-hydrogen) atoms. The number of benzene rings is 1. The highest BCUT2D eigenvalue weighted by Crippen LogP contribution is 2.11. The second-order valence-corrected chi connectivity index (χ2v) is 3.29. The highest BCUT2D eigenvalue weighted by atomic mass is 16.4. The Hall–Kier alpha value is -1.68. The van der Waals surface area contributed by atoms with Crippen LogP contribution < -0.4 is 5.32 Å². The van der Waals surface area contributed by atoms with Crippen LogP contribution in [0, 0.1) is 6.92 Å². The molecule has 1 aromatic carbocycles. The van der Waals surface area contributed by atoms with Gasteiger partial charge in [-0.05, 0) is 25.6 Å². The summed E-state index contributed by atoms with van der Waals surface area (Å²) >= 11 is 0. The first-order valence-electron chi connectivity index (χ1n) is 4.58. The molecule has 1 aromatic rings. The third kappa shape index (κ3) is 2.63. The van der Waals surface area contributed by atoms with Gasteiger partial charge in [0.15, 0.2) is 5.78 Å². The second-order valence-electron chi connectivity index (χ2n) is 3.29. The lowest BCUT2D eigenvalue weighted by Crippen LogP contribution is -2.19. The molecule has 0 heterocycles. The van der Waals surface area contributed by atoms with E-state index < -0.39 is 5.97 Å². The fraction of sp³-hybridized carbons (Fsp3) is 0.273. The average molecular weight is 207 g/mol. The lowest BCUT2D eigenvalue weighted by molar-refractivity contribution is 0.0696. The van der Waals surface area contributed by atoms with Gasteiger partial charge in [0.25, 0.3) is 0 Å². The van der Waals surface area contributed by atoms with Crippen molar-refractivity contribution in [3.05, 3.63) is 34.9 Å². The Morgan fingerprint density at radius 1 is 1.40 bits per heavy atom. The van der Waals surface area contributed by atoms with Crippen molar-refractivity contribution in [2.45, 2.75) is 6.92 Å². The summed E-state index contributed by atoms with van der Waals surface area (Å²) in [4.78, 5) is 22.3. The number of aryl methyl sites for hydroxylation is 1. The molecule has 0 unspecified atom stereocenters. The van der Waals surface area contributed by atoms with Crippen LogP contribution in [-0.2, 0) is 0 Å². The van der Waals surface area contributed by atoms with Gasteiger partial charge in [0.1, 0.15) is 0 Å². The van der Waals surface area contributed by atoms with E-state index in [0.717, 1.165) is 0 Å². The molecule has 0 aliphatic rings. The summed E-state index contributed by atoms with van der Waals surface area (Å²) < 4.78 is 0. The van der Waals surface area contributed by atoms with E-state index in [2.05, 4.69) is 5.32 Å². The lowest BCUT2D eigenvalue weighted by Gasteiger charge is -2.04. The van der Waals surface area contributed by atoms with Crippen LogP contribution in [0.2, 0.25) is 0 Å². The van der Waals surface area contributed by atoms with Crippen LogP contribution in [0.4, 0.5) is 0 Å². The van der Waals surface area contributed by atoms with Crippen LogP contribution in [0.25, 0.3) is 0 Å². The van der Waals surface area contributed by atoms with Gasteiger partial charge in [-0.3, -0.25) is 4.79 Å². The molecule has 0 radical (unpaired) electrons. The molecular formula is C11H13NO3. The maximum Gasteiger partial charge on any atom is 0.335 e. The molecule has 2 N–H and O–H groups in total. The molecule has 0 atom stereocenters. The van der Waals surface area contributed by atoms with Gasteiger partial charge in [-0.15, -0.1) is 0 Å². The van der Waals surface area contributed by atoms with Crippen molar-refractivity contribution in [1.82, 2.24) is 5.32 Å². The van der Waals surface area contributed by atoms with Gasteiger partial charge in [-0.1, -0.05) is 12.1 Å². The number of nitrogens with one attached hydrogen (secondary N) is 1. The maximum atomic E-state index is 11.5. The van der Waals surface area contributed by atoms with E-state index in [4.69, 9.17) is 5.11 Å². The number of carboxylic acid groups (broad SMARTS) is 1. The topological polar surface area (TPSA) is 66.4 Å². The molecule has 0 aliphatic heterocycles. The quantitative estimate of drug-likeness (QED) is 0.725. The number of carbonyl (C=O) groups is 2. The summed E-state index contributed by atoms with van der Waals surface area (Å²) in [7, 11) is 1.67. The van der Waals surface area contributed by atoms with Crippen molar-refractivity contribution in [3.63, 3.8) is 0 Å². The minimum atomic E-state index is -1.01. The predicted octanol–water partition coefficient (Wildman–Crippen LogP) is 1.10. The van der Waals surface area contributed by atoms with Crippen molar-refractivity contribution >= 4 is 11.8 Å². The Morgan fingerprint density at radius 3 is 2.60 bits per heavy atom. The standard InChI is InChI=1S/C11H13NO3/c1-7-3-4-8(10(13)6-12-2)5-9(7)11(14)15/h3-5,12H,6H2,1-2H3,(H,14,15). The van der Waals surface area contributed by atoms with E-state index in [0.29, 0.717) is 11.1 Å². The summed E-state index contributed by atoms with van der Waals surface area (Å²) in [5.74, 6) is -1.12. The van der Waals surface area contributed by atoms with E-state index in [1.807, 2.05) is 0 Å². The fourth-order valence-corrected chi connectivity index (χ4v) is 1.29. The molecule has 0 saturated carbocycles. The molecular weight excluding hydrogens is 194 g/mol. The van der Waals surface area contributed by atoms with Crippen molar-refractivity contribution in [1.29, 1.82) is 0 Å².